The second kappa shape index (κ2) is 1.73. The van der Waals surface area contributed by atoms with Gasteiger partial charge in [0.25, 0.3) is 0 Å². The van der Waals surface area contributed by atoms with Gasteiger partial charge in [-0.05, 0) is 0 Å². The quantitative estimate of drug-likeness (QED) is 0.488. The van der Waals surface area contributed by atoms with E-state index in [9.17, 15) is 0 Å². The van der Waals surface area contributed by atoms with Gasteiger partial charge in [-0.3, -0.25) is 0 Å². The molecular formula is C3H2NSSe. The molecule has 0 aromatic carbocycles. The number of hydrogen-bond donors (Lipinski definition) is 0. The van der Waals surface area contributed by atoms with Gasteiger partial charge in [0.05, 0.1) is 0 Å². The van der Waals surface area contributed by atoms with Crippen LogP contribution in [-0.2, 0) is 0 Å². The Balaban J connectivity index is 3.05. The van der Waals surface area contributed by atoms with Crippen molar-refractivity contribution in [1.29, 1.82) is 0 Å². The summed E-state index contributed by atoms with van der Waals surface area (Å²) in [7, 11) is 0. The van der Waals surface area contributed by atoms with Gasteiger partial charge < -0.3 is 0 Å². The molecule has 1 aromatic heterocycles. The molecule has 0 atom stereocenters. The molecule has 0 bridgehead atoms. The Hall–Kier alpha value is 0.149. The summed E-state index contributed by atoms with van der Waals surface area (Å²) in [5.74, 6) is 0. The summed E-state index contributed by atoms with van der Waals surface area (Å²) in [5, 5.41) is 1.94. The Morgan fingerprint density at radius 1 is 1.83 bits per heavy atom. The van der Waals surface area contributed by atoms with E-state index in [4.69, 9.17) is 0 Å². The van der Waals surface area contributed by atoms with Gasteiger partial charge in [0.1, 0.15) is 0 Å². The average molecular weight is 163 g/mol. The number of hydrogen-bond acceptors (Lipinski definition) is 2. The zero-order valence-electron chi connectivity index (χ0n) is 2.92. The third-order valence-electron chi connectivity index (χ3n) is 0.410. The van der Waals surface area contributed by atoms with Gasteiger partial charge in [-0.2, -0.15) is 0 Å². The van der Waals surface area contributed by atoms with Crippen LogP contribution in [0.25, 0.3) is 0 Å². The van der Waals surface area contributed by atoms with E-state index in [0.29, 0.717) is 0 Å². The van der Waals surface area contributed by atoms with Crippen molar-refractivity contribution in [1.82, 2.24) is 4.98 Å². The first-order valence-corrected chi connectivity index (χ1v) is 3.20. The molecule has 0 aliphatic heterocycles. The molecule has 0 N–H and O–H groups in total. The first kappa shape index (κ1) is 4.31. The van der Waals surface area contributed by atoms with E-state index in [0.717, 1.165) is 3.91 Å². The average Bonchev–Trinajstić information content (AvgIpc) is 1.86. The third kappa shape index (κ3) is 0.805. The summed E-state index contributed by atoms with van der Waals surface area (Å²) in [6, 6.07) is 0. The fraction of sp³-hybridized carbons (Fsp3) is 0. The van der Waals surface area contributed by atoms with Gasteiger partial charge in [-0.25, -0.2) is 0 Å². The zero-order valence-corrected chi connectivity index (χ0v) is 5.45. The van der Waals surface area contributed by atoms with E-state index < -0.39 is 0 Å². The molecule has 1 rings (SSSR count). The second-order valence-corrected chi connectivity index (χ2v) is 3.09. The van der Waals surface area contributed by atoms with Crippen LogP contribution in [0, 0.1) is 0 Å². The fourth-order valence-corrected chi connectivity index (χ4v) is 1.05. The van der Waals surface area contributed by atoms with Crippen molar-refractivity contribution in [2.24, 2.45) is 0 Å². The molecule has 0 spiro atoms. The van der Waals surface area contributed by atoms with Gasteiger partial charge in [-0.15, -0.1) is 0 Å². The van der Waals surface area contributed by atoms with Crippen LogP contribution in [0.2, 0.25) is 0 Å². The summed E-state index contributed by atoms with van der Waals surface area (Å²) < 4.78 is 1.01. The molecule has 0 fully saturated rings. The Morgan fingerprint density at radius 3 is 2.83 bits per heavy atom. The molecule has 1 radical (unpaired) electrons. The molecule has 1 heterocycles. The van der Waals surface area contributed by atoms with Crippen LogP contribution >= 0.6 is 11.3 Å². The van der Waals surface area contributed by atoms with E-state index in [1.54, 1.807) is 17.5 Å². The van der Waals surface area contributed by atoms with Gasteiger partial charge in [0, 0.05) is 0 Å². The maximum atomic E-state index is 3.88. The van der Waals surface area contributed by atoms with Crippen LogP contribution in [0.3, 0.4) is 0 Å². The summed E-state index contributed by atoms with van der Waals surface area (Å²) in [6.45, 7) is 0. The molecule has 0 saturated carbocycles. The van der Waals surface area contributed by atoms with Gasteiger partial charge in [0.15, 0.2) is 0 Å². The van der Waals surface area contributed by atoms with Crippen molar-refractivity contribution in [3.63, 3.8) is 0 Å². The minimum atomic E-state index is 1.01. The fourth-order valence-electron chi connectivity index (χ4n) is 0.210. The van der Waals surface area contributed by atoms with E-state index in [2.05, 4.69) is 21.0 Å². The van der Waals surface area contributed by atoms with Crippen molar-refractivity contribution in [3.8, 4) is 0 Å². The molecule has 3 heteroatoms. The van der Waals surface area contributed by atoms with Crippen molar-refractivity contribution in [3.05, 3.63) is 11.6 Å². The van der Waals surface area contributed by atoms with Crippen molar-refractivity contribution in [2.45, 2.75) is 0 Å². The number of nitrogens with zero attached hydrogens (tertiary/aromatic N) is 1. The molecule has 0 aliphatic carbocycles. The predicted molar refractivity (Wildman–Crippen MR) is 27.5 cm³/mol. The maximum absolute atomic E-state index is 3.88. The van der Waals surface area contributed by atoms with Crippen LogP contribution in [0.4, 0.5) is 0 Å². The summed E-state index contributed by atoms with van der Waals surface area (Å²) in [4.78, 5) is 3.88. The second-order valence-electron chi connectivity index (χ2n) is 0.798. The van der Waals surface area contributed by atoms with Gasteiger partial charge >= 0.3 is 47.8 Å². The summed E-state index contributed by atoms with van der Waals surface area (Å²) in [5.41, 5.74) is 0. The molecular weight excluding hydrogens is 161 g/mol. The summed E-state index contributed by atoms with van der Waals surface area (Å²) in [6.07, 6.45) is 1.77. The van der Waals surface area contributed by atoms with Crippen LogP contribution in [-0.4, -0.2) is 21.0 Å². The molecule has 0 unspecified atom stereocenters. The Labute approximate surface area is 48.2 Å². The van der Waals surface area contributed by atoms with Crippen molar-refractivity contribution in [2.75, 3.05) is 0 Å². The first-order chi connectivity index (χ1) is 2.89. The van der Waals surface area contributed by atoms with Gasteiger partial charge in [0.2, 0.25) is 0 Å². The van der Waals surface area contributed by atoms with Crippen LogP contribution in [0.15, 0.2) is 11.6 Å². The third-order valence-corrected chi connectivity index (χ3v) is 1.80. The van der Waals surface area contributed by atoms with Crippen LogP contribution < -0.4 is 3.91 Å². The first-order valence-electron chi connectivity index (χ1n) is 1.46. The van der Waals surface area contributed by atoms with E-state index >= 15 is 0 Å². The monoisotopic (exact) mass is 164 g/mol. The van der Waals surface area contributed by atoms with Crippen molar-refractivity contribution >= 4 is 31.3 Å². The molecule has 0 amide bonds. The summed E-state index contributed by atoms with van der Waals surface area (Å²) >= 11 is 4.40. The SMILES string of the molecule is [Se]c1nccs1. The normalized spacial score (nSPS) is 8.67. The van der Waals surface area contributed by atoms with E-state index in [1.165, 1.54) is 0 Å². The topological polar surface area (TPSA) is 12.9 Å². The predicted octanol–water partition coefficient (Wildman–Crippen LogP) is -0.0631. The minimum absolute atomic E-state index is 1.01. The Morgan fingerprint density at radius 2 is 2.67 bits per heavy atom. The number of rotatable bonds is 0. The Bertz CT molecular complexity index is 114. The van der Waals surface area contributed by atoms with Gasteiger partial charge in [-0.1, -0.05) is 0 Å². The number of thiazole rings is 1. The molecule has 1 aromatic rings. The standard InChI is InChI=1S/C3H2NSSe/c6-3-4-1-2-5-3/h1-2H. The molecule has 31 valence electrons. The molecule has 0 aliphatic rings. The van der Waals surface area contributed by atoms with Crippen molar-refractivity contribution < 1.29 is 0 Å². The molecule has 1 nitrogen and oxygen atoms in total. The van der Waals surface area contributed by atoms with E-state index in [1.807, 2.05) is 5.38 Å². The van der Waals surface area contributed by atoms with E-state index in [-0.39, 0.29) is 0 Å². The van der Waals surface area contributed by atoms with Crippen LogP contribution in [0.5, 0.6) is 0 Å². The Kier molecular flexibility index (Phi) is 1.25. The molecule has 6 heavy (non-hydrogen) atoms. The number of aromatic nitrogens is 1. The van der Waals surface area contributed by atoms with Crippen LogP contribution in [0.1, 0.15) is 0 Å². The zero-order chi connectivity index (χ0) is 4.41. The molecule has 0 saturated heterocycles.